The molecule has 0 bridgehead atoms. The third kappa shape index (κ3) is 3.58. The lowest BCUT2D eigenvalue weighted by Gasteiger charge is -2.08. The Bertz CT molecular complexity index is 568. The van der Waals surface area contributed by atoms with Gasteiger partial charge >= 0.3 is 5.97 Å². The molecule has 0 saturated heterocycles. The van der Waals surface area contributed by atoms with Crippen molar-refractivity contribution < 1.29 is 9.90 Å². The van der Waals surface area contributed by atoms with Crippen LogP contribution >= 0.6 is 0 Å². The van der Waals surface area contributed by atoms with Crippen molar-refractivity contribution in [3.63, 3.8) is 0 Å². The Morgan fingerprint density at radius 1 is 1.05 bits per heavy atom. The maximum absolute atomic E-state index is 10.7. The monoisotopic (exact) mass is 255 g/mol. The van der Waals surface area contributed by atoms with Crippen molar-refractivity contribution in [2.24, 2.45) is 0 Å². The average molecular weight is 255 g/mol. The lowest BCUT2D eigenvalue weighted by Crippen LogP contribution is -2.01. The molecule has 2 N–H and O–H groups in total. The van der Waals surface area contributed by atoms with Crippen molar-refractivity contribution in [1.82, 2.24) is 0 Å². The SMILES string of the molecule is Cc1cc(C)cc(CNc2ccc(C(=O)O)cc2)c1. The molecule has 0 fully saturated rings. The summed E-state index contributed by atoms with van der Waals surface area (Å²) >= 11 is 0. The van der Waals surface area contributed by atoms with E-state index >= 15 is 0 Å². The zero-order chi connectivity index (χ0) is 13.8. The van der Waals surface area contributed by atoms with E-state index in [1.807, 2.05) is 0 Å². The Hall–Kier alpha value is -2.29. The summed E-state index contributed by atoms with van der Waals surface area (Å²) in [5.74, 6) is -0.902. The molecule has 2 aromatic rings. The third-order valence-electron chi connectivity index (χ3n) is 2.91. The van der Waals surface area contributed by atoms with Gasteiger partial charge in [-0.05, 0) is 43.7 Å². The minimum absolute atomic E-state index is 0.303. The first kappa shape index (κ1) is 13.1. The van der Waals surface area contributed by atoms with Crippen LogP contribution in [0.2, 0.25) is 0 Å². The molecule has 0 aliphatic heterocycles. The van der Waals surface area contributed by atoms with Crippen molar-refractivity contribution in [2.75, 3.05) is 5.32 Å². The minimum Gasteiger partial charge on any atom is -0.478 e. The summed E-state index contributed by atoms with van der Waals surface area (Å²) in [5, 5.41) is 12.1. The fourth-order valence-electron chi connectivity index (χ4n) is 2.11. The first-order valence-corrected chi connectivity index (χ1v) is 6.19. The number of carboxylic acid groups (broad SMARTS) is 1. The molecule has 0 amide bonds. The molecule has 0 spiro atoms. The summed E-state index contributed by atoms with van der Waals surface area (Å²) in [6, 6.07) is 13.2. The summed E-state index contributed by atoms with van der Waals surface area (Å²) in [5.41, 5.74) is 4.94. The highest BCUT2D eigenvalue weighted by Gasteiger charge is 2.01. The normalized spacial score (nSPS) is 10.2. The molecule has 0 aliphatic rings. The largest absolute Gasteiger partial charge is 0.478 e. The van der Waals surface area contributed by atoms with Crippen LogP contribution in [0.25, 0.3) is 0 Å². The number of benzene rings is 2. The zero-order valence-electron chi connectivity index (χ0n) is 11.1. The molecule has 0 heterocycles. The van der Waals surface area contributed by atoms with Crippen LogP contribution in [-0.2, 0) is 6.54 Å². The van der Waals surface area contributed by atoms with Crippen LogP contribution in [0.15, 0.2) is 42.5 Å². The Labute approximate surface area is 112 Å². The van der Waals surface area contributed by atoms with Gasteiger partial charge in [-0.15, -0.1) is 0 Å². The Morgan fingerprint density at radius 3 is 2.16 bits per heavy atom. The van der Waals surface area contributed by atoms with Gasteiger partial charge < -0.3 is 10.4 Å². The fourth-order valence-corrected chi connectivity index (χ4v) is 2.11. The van der Waals surface area contributed by atoms with Crippen LogP contribution < -0.4 is 5.32 Å². The standard InChI is InChI=1S/C16H17NO2/c1-11-7-12(2)9-13(8-11)10-17-15-5-3-14(4-6-15)16(18)19/h3-9,17H,10H2,1-2H3,(H,18,19). The second-order valence-corrected chi connectivity index (χ2v) is 4.73. The van der Waals surface area contributed by atoms with Crippen molar-refractivity contribution in [3.8, 4) is 0 Å². The van der Waals surface area contributed by atoms with Gasteiger partial charge in [0.1, 0.15) is 0 Å². The maximum atomic E-state index is 10.7. The predicted octanol–water partition coefficient (Wildman–Crippen LogP) is 3.61. The Morgan fingerprint density at radius 2 is 1.63 bits per heavy atom. The molecular weight excluding hydrogens is 238 g/mol. The first-order chi connectivity index (χ1) is 9.04. The van der Waals surface area contributed by atoms with Gasteiger partial charge in [-0.3, -0.25) is 0 Å². The summed E-state index contributed by atoms with van der Waals surface area (Å²) in [7, 11) is 0. The van der Waals surface area contributed by atoms with Gasteiger partial charge in [-0.2, -0.15) is 0 Å². The molecule has 0 radical (unpaired) electrons. The number of hydrogen-bond acceptors (Lipinski definition) is 2. The summed E-state index contributed by atoms with van der Waals surface area (Å²) in [6.45, 7) is 4.89. The minimum atomic E-state index is -0.902. The van der Waals surface area contributed by atoms with E-state index in [4.69, 9.17) is 5.11 Å². The molecule has 2 aromatic carbocycles. The van der Waals surface area contributed by atoms with Crippen LogP contribution in [-0.4, -0.2) is 11.1 Å². The lowest BCUT2D eigenvalue weighted by atomic mass is 10.1. The number of carbonyl (C=O) groups is 1. The van der Waals surface area contributed by atoms with E-state index in [0.717, 1.165) is 12.2 Å². The zero-order valence-corrected chi connectivity index (χ0v) is 11.1. The molecule has 0 aromatic heterocycles. The van der Waals surface area contributed by atoms with Gasteiger partial charge in [-0.25, -0.2) is 4.79 Å². The van der Waals surface area contributed by atoms with Gasteiger partial charge in [0.25, 0.3) is 0 Å². The molecule has 98 valence electrons. The molecule has 2 rings (SSSR count). The fraction of sp³-hybridized carbons (Fsp3) is 0.188. The van der Waals surface area contributed by atoms with Crippen molar-refractivity contribution >= 4 is 11.7 Å². The van der Waals surface area contributed by atoms with Crippen LogP contribution in [0.1, 0.15) is 27.0 Å². The van der Waals surface area contributed by atoms with E-state index in [1.54, 1.807) is 24.3 Å². The van der Waals surface area contributed by atoms with Gasteiger partial charge in [0.2, 0.25) is 0 Å². The summed E-state index contributed by atoms with van der Waals surface area (Å²) in [6.07, 6.45) is 0. The average Bonchev–Trinajstić information content (AvgIpc) is 2.36. The van der Waals surface area contributed by atoms with E-state index in [1.165, 1.54) is 16.7 Å². The second-order valence-electron chi connectivity index (χ2n) is 4.73. The van der Waals surface area contributed by atoms with E-state index < -0.39 is 5.97 Å². The number of aryl methyl sites for hydroxylation is 2. The highest BCUT2D eigenvalue weighted by atomic mass is 16.4. The van der Waals surface area contributed by atoms with Crippen molar-refractivity contribution in [1.29, 1.82) is 0 Å². The van der Waals surface area contributed by atoms with Gasteiger partial charge in [0.05, 0.1) is 5.56 Å². The van der Waals surface area contributed by atoms with Crippen LogP contribution in [0.4, 0.5) is 5.69 Å². The highest BCUT2D eigenvalue weighted by Crippen LogP contribution is 2.13. The first-order valence-electron chi connectivity index (χ1n) is 6.19. The number of nitrogens with one attached hydrogen (secondary N) is 1. The van der Waals surface area contributed by atoms with Gasteiger partial charge in [-0.1, -0.05) is 29.3 Å². The number of aromatic carboxylic acids is 1. The molecule has 19 heavy (non-hydrogen) atoms. The molecule has 0 atom stereocenters. The summed E-state index contributed by atoms with van der Waals surface area (Å²) < 4.78 is 0. The molecule has 0 aliphatic carbocycles. The maximum Gasteiger partial charge on any atom is 0.335 e. The molecular formula is C16H17NO2. The van der Waals surface area contributed by atoms with Gasteiger partial charge in [0, 0.05) is 12.2 Å². The quantitative estimate of drug-likeness (QED) is 0.877. The van der Waals surface area contributed by atoms with Crippen LogP contribution in [0, 0.1) is 13.8 Å². The lowest BCUT2D eigenvalue weighted by molar-refractivity contribution is 0.0697. The molecule has 0 saturated carbocycles. The van der Waals surface area contributed by atoms with E-state index in [0.29, 0.717) is 5.56 Å². The number of rotatable bonds is 4. The molecule has 3 nitrogen and oxygen atoms in total. The van der Waals surface area contributed by atoms with Gasteiger partial charge in [0.15, 0.2) is 0 Å². The number of anilines is 1. The van der Waals surface area contributed by atoms with Crippen molar-refractivity contribution in [2.45, 2.75) is 20.4 Å². The number of carboxylic acids is 1. The summed E-state index contributed by atoms with van der Waals surface area (Å²) in [4.78, 5) is 10.7. The smallest absolute Gasteiger partial charge is 0.335 e. The molecule has 3 heteroatoms. The third-order valence-corrected chi connectivity index (χ3v) is 2.91. The van der Waals surface area contributed by atoms with Crippen molar-refractivity contribution in [3.05, 3.63) is 64.7 Å². The number of hydrogen-bond donors (Lipinski definition) is 2. The molecule has 0 unspecified atom stereocenters. The van der Waals surface area contributed by atoms with E-state index in [2.05, 4.69) is 37.4 Å². The van der Waals surface area contributed by atoms with E-state index in [9.17, 15) is 4.79 Å². The Kier molecular flexibility index (Phi) is 3.85. The Balaban J connectivity index is 2.03. The van der Waals surface area contributed by atoms with Crippen LogP contribution in [0.5, 0.6) is 0 Å². The van der Waals surface area contributed by atoms with E-state index in [-0.39, 0.29) is 0 Å². The van der Waals surface area contributed by atoms with Crippen LogP contribution in [0.3, 0.4) is 0 Å². The topological polar surface area (TPSA) is 49.3 Å². The highest BCUT2D eigenvalue weighted by molar-refractivity contribution is 5.87. The second kappa shape index (κ2) is 5.57. The predicted molar refractivity (Wildman–Crippen MR) is 76.6 cm³/mol.